The summed E-state index contributed by atoms with van der Waals surface area (Å²) in [4.78, 5) is 23.3. The predicted octanol–water partition coefficient (Wildman–Crippen LogP) is 1.87. The second kappa shape index (κ2) is 4.40. The van der Waals surface area contributed by atoms with Gasteiger partial charge in [-0.1, -0.05) is 0 Å². The number of rotatable bonds is 2. The molecule has 1 heterocycles. The van der Waals surface area contributed by atoms with Gasteiger partial charge in [0, 0.05) is 12.2 Å². The predicted molar refractivity (Wildman–Crippen MR) is 56.7 cm³/mol. The SMILES string of the molecule is O=C(O)c1ccc(N2CCCOC2=O)cc1F. The summed E-state index contributed by atoms with van der Waals surface area (Å²) in [5, 5.41) is 8.67. The molecule has 1 aromatic carbocycles. The van der Waals surface area contributed by atoms with Crippen LogP contribution in [0.4, 0.5) is 14.9 Å². The van der Waals surface area contributed by atoms with Crippen molar-refractivity contribution >= 4 is 17.7 Å². The largest absolute Gasteiger partial charge is 0.478 e. The third kappa shape index (κ3) is 2.20. The van der Waals surface area contributed by atoms with E-state index in [1.165, 1.54) is 11.0 Å². The molecular weight excluding hydrogens is 229 g/mol. The van der Waals surface area contributed by atoms with Crippen LogP contribution in [0.15, 0.2) is 18.2 Å². The number of hydrogen-bond acceptors (Lipinski definition) is 3. The van der Waals surface area contributed by atoms with Gasteiger partial charge in [-0.25, -0.2) is 14.0 Å². The Labute approximate surface area is 96.4 Å². The molecule has 1 N–H and O–H groups in total. The summed E-state index contributed by atoms with van der Waals surface area (Å²) in [6, 6.07) is 3.55. The van der Waals surface area contributed by atoms with Gasteiger partial charge >= 0.3 is 12.1 Å². The zero-order valence-electron chi connectivity index (χ0n) is 8.85. The van der Waals surface area contributed by atoms with E-state index in [1.807, 2.05) is 0 Å². The Morgan fingerprint density at radius 2 is 2.24 bits per heavy atom. The monoisotopic (exact) mass is 239 g/mol. The lowest BCUT2D eigenvalue weighted by Gasteiger charge is -2.26. The minimum atomic E-state index is -1.34. The first kappa shape index (κ1) is 11.4. The van der Waals surface area contributed by atoms with Crippen molar-refractivity contribution in [1.29, 1.82) is 0 Å². The lowest BCUT2D eigenvalue weighted by Crippen LogP contribution is -2.37. The van der Waals surface area contributed by atoms with Crippen LogP contribution in [0.5, 0.6) is 0 Å². The van der Waals surface area contributed by atoms with Crippen LogP contribution in [0.1, 0.15) is 16.8 Å². The number of benzene rings is 1. The smallest absolute Gasteiger partial charge is 0.414 e. The molecule has 1 aliphatic rings. The summed E-state index contributed by atoms with van der Waals surface area (Å²) in [5.41, 5.74) is -0.115. The van der Waals surface area contributed by atoms with E-state index in [-0.39, 0.29) is 0 Å². The van der Waals surface area contributed by atoms with Crippen LogP contribution < -0.4 is 4.90 Å². The number of amides is 1. The highest BCUT2D eigenvalue weighted by molar-refractivity contribution is 5.91. The molecule has 1 saturated heterocycles. The Bertz CT molecular complexity index is 475. The lowest BCUT2D eigenvalue weighted by atomic mass is 10.1. The summed E-state index contributed by atoms with van der Waals surface area (Å²) < 4.78 is 18.2. The highest BCUT2D eigenvalue weighted by Crippen LogP contribution is 2.21. The van der Waals surface area contributed by atoms with Crippen molar-refractivity contribution in [3.8, 4) is 0 Å². The van der Waals surface area contributed by atoms with Crippen molar-refractivity contribution in [2.24, 2.45) is 0 Å². The maximum Gasteiger partial charge on any atom is 0.414 e. The Morgan fingerprint density at radius 1 is 1.47 bits per heavy atom. The van der Waals surface area contributed by atoms with Crippen molar-refractivity contribution < 1.29 is 23.8 Å². The van der Waals surface area contributed by atoms with Crippen molar-refractivity contribution in [1.82, 2.24) is 0 Å². The van der Waals surface area contributed by atoms with Crippen LogP contribution in [0.25, 0.3) is 0 Å². The van der Waals surface area contributed by atoms with Gasteiger partial charge < -0.3 is 9.84 Å². The van der Waals surface area contributed by atoms with Gasteiger partial charge in [0.1, 0.15) is 5.82 Å². The fourth-order valence-electron chi connectivity index (χ4n) is 1.63. The van der Waals surface area contributed by atoms with Gasteiger partial charge in [0.25, 0.3) is 0 Å². The number of ether oxygens (including phenoxy) is 1. The van der Waals surface area contributed by atoms with Crippen LogP contribution in [-0.2, 0) is 4.74 Å². The van der Waals surface area contributed by atoms with E-state index < -0.39 is 23.4 Å². The standard InChI is InChI=1S/C11H10FNO4/c12-9-6-7(2-3-8(9)10(14)15)13-4-1-5-17-11(13)16/h2-3,6H,1,4-5H2,(H,14,15). The summed E-state index contributed by atoms with van der Waals surface area (Å²) >= 11 is 0. The zero-order chi connectivity index (χ0) is 12.4. The minimum Gasteiger partial charge on any atom is -0.478 e. The van der Waals surface area contributed by atoms with E-state index in [0.717, 1.165) is 12.1 Å². The number of carbonyl (C=O) groups is 2. The number of cyclic esters (lactones) is 1. The van der Waals surface area contributed by atoms with E-state index in [0.29, 0.717) is 25.3 Å². The molecule has 0 aliphatic carbocycles. The maximum absolute atomic E-state index is 13.4. The minimum absolute atomic E-state index is 0.303. The molecule has 2 rings (SSSR count). The van der Waals surface area contributed by atoms with Crippen LogP contribution in [0.2, 0.25) is 0 Å². The van der Waals surface area contributed by atoms with E-state index in [9.17, 15) is 14.0 Å². The van der Waals surface area contributed by atoms with Crippen molar-refractivity contribution in [2.75, 3.05) is 18.1 Å². The molecule has 0 atom stereocenters. The number of carbonyl (C=O) groups excluding carboxylic acids is 1. The molecule has 0 radical (unpaired) electrons. The molecule has 0 aromatic heterocycles. The number of aromatic carboxylic acids is 1. The number of carboxylic acid groups (broad SMARTS) is 1. The van der Waals surface area contributed by atoms with Crippen LogP contribution >= 0.6 is 0 Å². The molecule has 0 bridgehead atoms. The third-order valence-electron chi connectivity index (χ3n) is 2.47. The van der Waals surface area contributed by atoms with E-state index in [2.05, 4.69) is 0 Å². The fraction of sp³-hybridized carbons (Fsp3) is 0.273. The lowest BCUT2D eigenvalue weighted by molar-refractivity contribution is 0.0692. The van der Waals surface area contributed by atoms with E-state index in [1.54, 1.807) is 0 Å². The highest BCUT2D eigenvalue weighted by atomic mass is 19.1. The van der Waals surface area contributed by atoms with Gasteiger partial charge in [0.05, 0.1) is 12.2 Å². The molecule has 1 amide bonds. The van der Waals surface area contributed by atoms with Gasteiger partial charge in [-0.2, -0.15) is 0 Å². The first-order valence-electron chi connectivity index (χ1n) is 5.07. The normalized spacial score (nSPS) is 15.6. The van der Waals surface area contributed by atoms with Crippen molar-refractivity contribution in [3.63, 3.8) is 0 Å². The van der Waals surface area contributed by atoms with Crippen LogP contribution in [0.3, 0.4) is 0 Å². The molecule has 1 aromatic rings. The molecule has 0 saturated carbocycles. The first-order chi connectivity index (χ1) is 8.09. The highest BCUT2D eigenvalue weighted by Gasteiger charge is 2.22. The van der Waals surface area contributed by atoms with Crippen LogP contribution in [-0.4, -0.2) is 30.3 Å². The maximum atomic E-state index is 13.4. The average Bonchev–Trinajstić information content (AvgIpc) is 2.29. The van der Waals surface area contributed by atoms with E-state index in [4.69, 9.17) is 9.84 Å². The number of halogens is 1. The van der Waals surface area contributed by atoms with Gasteiger partial charge in [0.15, 0.2) is 0 Å². The number of carboxylic acids is 1. The summed E-state index contributed by atoms with van der Waals surface area (Å²) in [6.07, 6.45) is 0.118. The Balaban J connectivity index is 2.30. The molecule has 1 fully saturated rings. The molecular formula is C11H10FNO4. The quantitative estimate of drug-likeness (QED) is 0.855. The summed E-state index contributed by atoms with van der Waals surface area (Å²) in [5.74, 6) is -2.20. The molecule has 0 spiro atoms. The number of nitrogens with zero attached hydrogens (tertiary/aromatic N) is 1. The van der Waals surface area contributed by atoms with Gasteiger partial charge in [-0.05, 0) is 24.6 Å². The van der Waals surface area contributed by atoms with Gasteiger partial charge in [0.2, 0.25) is 0 Å². The van der Waals surface area contributed by atoms with Gasteiger partial charge in [-0.15, -0.1) is 0 Å². The Hall–Kier alpha value is -2.11. The molecule has 5 nitrogen and oxygen atoms in total. The zero-order valence-corrected chi connectivity index (χ0v) is 8.85. The summed E-state index contributed by atoms with van der Waals surface area (Å²) in [6.45, 7) is 0.787. The Kier molecular flexibility index (Phi) is 2.95. The second-order valence-electron chi connectivity index (χ2n) is 3.59. The molecule has 90 valence electrons. The number of anilines is 1. The first-order valence-corrected chi connectivity index (χ1v) is 5.07. The third-order valence-corrected chi connectivity index (χ3v) is 2.47. The van der Waals surface area contributed by atoms with Gasteiger partial charge in [-0.3, -0.25) is 4.90 Å². The second-order valence-corrected chi connectivity index (χ2v) is 3.59. The van der Waals surface area contributed by atoms with E-state index >= 15 is 0 Å². The van der Waals surface area contributed by atoms with Crippen molar-refractivity contribution in [2.45, 2.75) is 6.42 Å². The fourth-order valence-corrected chi connectivity index (χ4v) is 1.63. The van der Waals surface area contributed by atoms with Crippen LogP contribution in [0, 0.1) is 5.82 Å². The Morgan fingerprint density at radius 3 is 2.82 bits per heavy atom. The number of hydrogen-bond donors (Lipinski definition) is 1. The topological polar surface area (TPSA) is 66.8 Å². The summed E-state index contributed by atoms with van der Waals surface area (Å²) in [7, 11) is 0. The molecule has 17 heavy (non-hydrogen) atoms. The van der Waals surface area contributed by atoms with Crippen molar-refractivity contribution in [3.05, 3.63) is 29.6 Å². The molecule has 1 aliphatic heterocycles. The average molecular weight is 239 g/mol. The molecule has 6 heteroatoms. The molecule has 0 unspecified atom stereocenters.